The summed E-state index contributed by atoms with van der Waals surface area (Å²) in [6.45, 7) is 0.601. The summed E-state index contributed by atoms with van der Waals surface area (Å²) < 4.78 is 0. The van der Waals surface area contributed by atoms with E-state index >= 15 is 0 Å². The van der Waals surface area contributed by atoms with Gasteiger partial charge in [-0.3, -0.25) is 4.79 Å². The van der Waals surface area contributed by atoms with E-state index < -0.39 is 0 Å². The van der Waals surface area contributed by atoms with Crippen molar-refractivity contribution in [2.45, 2.75) is 38.5 Å². The summed E-state index contributed by atoms with van der Waals surface area (Å²) in [6.07, 6.45) is 6.04. The molecule has 25 heavy (non-hydrogen) atoms. The van der Waals surface area contributed by atoms with Crippen LogP contribution < -0.4 is 5.32 Å². The third kappa shape index (κ3) is 3.73. The van der Waals surface area contributed by atoms with Crippen LogP contribution in [0.25, 0.3) is 11.0 Å². The van der Waals surface area contributed by atoms with Gasteiger partial charge in [-0.05, 0) is 54.5 Å². The van der Waals surface area contributed by atoms with Gasteiger partial charge >= 0.3 is 0 Å². The number of amides is 1. The summed E-state index contributed by atoms with van der Waals surface area (Å²) in [7, 11) is 0. The van der Waals surface area contributed by atoms with Gasteiger partial charge in [0.05, 0.1) is 17.5 Å². The Balaban J connectivity index is 1.30. The summed E-state index contributed by atoms with van der Waals surface area (Å²) in [5.41, 5.74) is 6.01. The molecule has 1 heterocycles. The van der Waals surface area contributed by atoms with E-state index in [4.69, 9.17) is 0 Å². The highest BCUT2D eigenvalue weighted by Gasteiger charge is 2.11. The Morgan fingerprint density at radius 1 is 1.08 bits per heavy atom. The van der Waals surface area contributed by atoms with Crippen LogP contribution in [0.4, 0.5) is 0 Å². The number of fused-ring (bicyclic) bond motifs is 2. The van der Waals surface area contributed by atoms with Crippen molar-refractivity contribution < 1.29 is 4.79 Å². The van der Waals surface area contributed by atoms with E-state index in [1.165, 1.54) is 30.4 Å². The molecule has 0 radical (unpaired) electrons. The molecule has 4 rings (SSSR count). The van der Waals surface area contributed by atoms with E-state index in [1.807, 2.05) is 24.3 Å². The Morgan fingerprint density at radius 3 is 2.80 bits per heavy atom. The molecule has 0 atom stereocenters. The summed E-state index contributed by atoms with van der Waals surface area (Å²) in [5, 5.41) is 3.01. The quantitative estimate of drug-likeness (QED) is 0.752. The van der Waals surface area contributed by atoms with Crippen molar-refractivity contribution in [3.8, 4) is 0 Å². The minimum atomic E-state index is 0.0758. The van der Waals surface area contributed by atoms with Gasteiger partial charge in [-0.15, -0.1) is 0 Å². The maximum Gasteiger partial charge on any atom is 0.224 e. The molecule has 0 spiro atoms. The van der Waals surface area contributed by atoms with E-state index in [1.54, 1.807) is 0 Å². The maximum absolute atomic E-state index is 12.2. The lowest BCUT2D eigenvalue weighted by molar-refractivity contribution is -0.120. The van der Waals surface area contributed by atoms with E-state index in [0.29, 0.717) is 19.4 Å². The van der Waals surface area contributed by atoms with Crippen LogP contribution in [0.3, 0.4) is 0 Å². The van der Waals surface area contributed by atoms with E-state index in [2.05, 4.69) is 33.5 Å². The fourth-order valence-electron chi connectivity index (χ4n) is 3.59. The molecule has 0 bridgehead atoms. The molecule has 0 aliphatic heterocycles. The van der Waals surface area contributed by atoms with Gasteiger partial charge in [0.15, 0.2) is 0 Å². The van der Waals surface area contributed by atoms with Gasteiger partial charge in [0.25, 0.3) is 0 Å². The van der Waals surface area contributed by atoms with Crippen LogP contribution in [0.1, 0.15) is 35.4 Å². The van der Waals surface area contributed by atoms with Crippen molar-refractivity contribution in [3.05, 3.63) is 65.0 Å². The first kappa shape index (κ1) is 15.9. The molecule has 0 saturated heterocycles. The zero-order valence-corrected chi connectivity index (χ0v) is 14.3. The Kier molecular flexibility index (Phi) is 4.51. The number of aromatic amines is 1. The third-order valence-corrected chi connectivity index (χ3v) is 4.90. The highest BCUT2D eigenvalue weighted by Crippen LogP contribution is 2.22. The zero-order valence-electron chi connectivity index (χ0n) is 14.3. The molecule has 128 valence electrons. The lowest BCUT2D eigenvalue weighted by Crippen LogP contribution is -2.27. The minimum absolute atomic E-state index is 0.0758. The number of para-hydroxylation sites is 2. The molecular formula is C21H23N3O. The van der Waals surface area contributed by atoms with Gasteiger partial charge < -0.3 is 10.3 Å². The van der Waals surface area contributed by atoms with Crippen molar-refractivity contribution in [3.63, 3.8) is 0 Å². The second-order valence-electron chi connectivity index (χ2n) is 6.79. The van der Waals surface area contributed by atoms with Crippen molar-refractivity contribution in [1.82, 2.24) is 15.3 Å². The maximum atomic E-state index is 12.2. The molecule has 1 amide bonds. The standard InChI is InChI=1S/C21H23N3O/c25-21(14-15-9-10-16-5-1-2-6-17(16)13-15)22-12-11-20-23-18-7-3-4-8-19(18)24-20/h3-4,7-10,13H,1-2,5-6,11-12,14H2,(H,22,25)(H,23,24). The first-order valence-corrected chi connectivity index (χ1v) is 9.09. The lowest BCUT2D eigenvalue weighted by atomic mass is 9.90. The Labute approximate surface area is 147 Å². The van der Waals surface area contributed by atoms with Gasteiger partial charge in [0, 0.05) is 13.0 Å². The van der Waals surface area contributed by atoms with Crippen LogP contribution in [0.15, 0.2) is 42.5 Å². The monoisotopic (exact) mass is 333 g/mol. The smallest absolute Gasteiger partial charge is 0.224 e. The number of rotatable bonds is 5. The number of benzene rings is 2. The minimum Gasteiger partial charge on any atom is -0.355 e. The van der Waals surface area contributed by atoms with E-state index in [9.17, 15) is 4.79 Å². The predicted octanol–water partition coefficient (Wildman–Crippen LogP) is 3.34. The molecule has 4 nitrogen and oxygen atoms in total. The second-order valence-corrected chi connectivity index (χ2v) is 6.79. The Hall–Kier alpha value is -2.62. The summed E-state index contributed by atoms with van der Waals surface area (Å²) in [6, 6.07) is 14.5. The van der Waals surface area contributed by atoms with Gasteiger partial charge in [-0.1, -0.05) is 30.3 Å². The highest BCUT2D eigenvalue weighted by atomic mass is 16.1. The molecule has 1 aliphatic rings. The number of carbonyl (C=O) groups excluding carboxylic acids is 1. The van der Waals surface area contributed by atoms with Crippen molar-refractivity contribution in [2.24, 2.45) is 0 Å². The number of nitrogens with zero attached hydrogens (tertiary/aromatic N) is 1. The largest absolute Gasteiger partial charge is 0.355 e. The van der Waals surface area contributed by atoms with Crippen molar-refractivity contribution >= 4 is 16.9 Å². The fraction of sp³-hybridized carbons (Fsp3) is 0.333. The number of aryl methyl sites for hydroxylation is 2. The molecule has 1 aliphatic carbocycles. The fourth-order valence-corrected chi connectivity index (χ4v) is 3.59. The normalized spacial score (nSPS) is 13.6. The summed E-state index contributed by atoms with van der Waals surface area (Å²) in [4.78, 5) is 20.0. The van der Waals surface area contributed by atoms with Gasteiger partial charge in [0.1, 0.15) is 5.82 Å². The average molecular weight is 333 g/mol. The number of carbonyl (C=O) groups is 1. The first-order valence-electron chi connectivity index (χ1n) is 9.09. The van der Waals surface area contributed by atoms with Gasteiger partial charge in [0.2, 0.25) is 5.91 Å². The highest BCUT2D eigenvalue weighted by molar-refractivity contribution is 5.78. The van der Waals surface area contributed by atoms with Crippen molar-refractivity contribution in [2.75, 3.05) is 6.54 Å². The van der Waals surface area contributed by atoms with Crippen LogP contribution in [0.2, 0.25) is 0 Å². The molecule has 0 fully saturated rings. The first-order chi connectivity index (χ1) is 12.3. The lowest BCUT2D eigenvalue weighted by Gasteiger charge is -2.16. The molecular weight excluding hydrogens is 310 g/mol. The van der Waals surface area contributed by atoms with E-state index in [-0.39, 0.29) is 5.91 Å². The van der Waals surface area contributed by atoms with Gasteiger partial charge in [-0.25, -0.2) is 4.98 Å². The molecule has 3 aromatic rings. The predicted molar refractivity (Wildman–Crippen MR) is 99.6 cm³/mol. The molecule has 2 aromatic carbocycles. The van der Waals surface area contributed by atoms with Crippen molar-refractivity contribution in [1.29, 1.82) is 0 Å². The van der Waals surface area contributed by atoms with E-state index in [0.717, 1.165) is 28.8 Å². The van der Waals surface area contributed by atoms with Crippen LogP contribution in [-0.4, -0.2) is 22.4 Å². The molecule has 2 N–H and O–H groups in total. The molecule has 0 unspecified atom stereocenters. The van der Waals surface area contributed by atoms with Crippen LogP contribution in [0, 0.1) is 0 Å². The zero-order chi connectivity index (χ0) is 17.1. The molecule has 1 aromatic heterocycles. The number of hydrogen-bond donors (Lipinski definition) is 2. The Morgan fingerprint density at radius 2 is 1.92 bits per heavy atom. The number of H-pyrrole nitrogens is 1. The average Bonchev–Trinajstić information content (AvgIpc) is 3.04. The number of aromatic nitrogens is 2. The summed E-state index contributed by atoms with van der Waals surface area (Å²) >= 11 is 0. The number of imidazole rings is 1. The Bertz CT molecular complexity index is 864. The second kappa shape index (κ2) is 7.09. The van der Waals surface area contributed by atoms with Crippen LogP contribution in [0.5, 0.6) is 0 Å². The number of hydrogen-bond acceptors (Lipinski definition) is 2. The van der Waals surface area contributed by atoms with Crippen LogP contribution in [-0.2, 0) is 30.5 Å². The van der Waals surface area contributed by atoms with Gasteiger partial charge in [-0.2, -0.15) is 0 Å². The molecule has 4 heteroatoms. The SMILES string of the molecule is O=C(Cc1ccc2c(c1)CCCC2)NCCc1nc2ccccc2[nH]1. The number of nitrogens with one attached hydrogen (secondary N) is 2. The third-order valence-electron chi connectivity index (χ3n) is 4.90. The summed E-state index contributed by atoms with van der Waals surface area (Å²) in [5.74, 6) is 0.988. The van der Waals surface area contributed by atoms with Crippen LogP contribution >= 0.6 is 0 Å². The molecule has 0 saturated carbocycles. The topological polar surface area (TPSA) is 57.8 Å².